The molecule has 0 amide bonds. The van der Waals surface area contributed by atoms with Crippen molar-refractivity contribution in [2.75, 3.05) is 13.1 Å². The summed E-state index contributed by atoms with van der Waals surface area (Å²) in [5.41, 5.74) is 1.45. The SMILES string of the molecule is CCN(CC)Cc1csc2ccc(Br)cc12.[Cl-]. The van der Waals surface area contributed by atoms with Crippen LogP contribution >= 0.6 is 27.3 Å². The molecule has 0 atom stereocenters. The first-order chi connectivity index (χ1) is 7.74. The van der Waals surface area contributed by atoms with Crippen LogP contribution in [0.1, 0.15) is 19.4 Å². The molecule has 0 bridgehead atoms. The molecule has 2 rings (SSSR count). The first kappa shape index (κ1) is 15.0. The average Bonchev–Trinajstić information content (AvgIpc) is 2.68. The summed E-state index contributed by atoms with van der Waals surface area (Å²) >= 11 is 5.38. The minimum Gasteiger partial charge on any atom is -1.00 e. The van der Waals surface area contributed by atoms with Gasteiger partial charge in [-0.05, 0) is 47.6 Å². The molecule has 0 saturated carbocycles. The fourth-order valence-corrected chi connectivity index (χ4v) is 3.16. The van der Waals surface area contributed by atoms with Gasteiger partial charge in [0, 0.05) is 15.7 Å². The molecular formula is C13H16BrClNS-. The summed E-state index contributed by atoms with van der Waals surface area (Å²) in [5, 5.41) is 3.68. The van der Waals surface area contributed by atoms with Crippen LogP contribution in [-0.2, 0) is 6.54 Å². The zero-order valence-corrected chi connectivity index (χ0v) is 13.2. The zero-order chi connectivity index (χ0) is 11.5. The molecule has 1 aromatic heterocycles. The van der Waals surface area contributed by atoms with Crippen molar-refractivity contribution in [3.05, 3.63) is 33.6 Å². The minimum absolute atomic E-state index is 0. The lowest BCUT2D eigenvalue weighted by Crippen LogP contribution is -3.00. The highest BCUT2D eigenvalue weighted by molar-refractivity contribution is 9.10. The Morgan fingerprint density at radius 2 is 1.94 bits per heavy atom. The summed E-state index contributed by atoms with van der Waals surface area (Å²) < 4.78 is 2.55. The van der Waals surface area contributed by atoms with Crippen LogP contribution in [0.15, 0.2) is 28.1 Å². The third kappa shape index (κ3) is 3.44. The van der Waals surface area contributed by atoms with Gasteiger partial charge in [0.15, 0.2) is 0 Å². The van der Waals surface area contributed by atoms with E-state index in [4.69, 9.17) is 0 Å². The number of nitrogens with zero attached hydrogens (tertiary/aromatic N) is 1. The highest BCUT2D eigenvalue weighted by atomic mass is 79.9. The molecule has 1 aromatic carbocycles. The Hall–Kier alpha value is -0.0900. The molecule has 0 aliphatic carbocycles. The van der Waals surface area contributed by atoms with Crippen molar-refractivity contribution in [3.8, 4) is 0 Å². The van der Waals surface area contributed by atoms with Crippen molar-refractivity contribution in [1.82, 2.24) is 4.90 Å². The van der Waals surface area contributed by atoms with Gasteiger partial charge in [0.1, 0.15) is 0 Å². The molecule has 94 valence electrons. The predicted octanol–water partition coefficient (Wildman–Crippen LogP) is 1.51. The summed E-state index contributed by atoms with van der Waals surface area (Å²) in [6.45, 7) is 7.72. The summed E-state index contributed by atoms with van der Waals surface area (Å²) in [7, 11) is 0. The van der Waals surface area contributed by atoms with Gasteiger partial charge >= 0.3 is 0 Å². The van der Waals surface area contributed by atoms with Crippen LogP contribution in [0.25, 0.3) is 10.1 Å². The fourth-order valence-electron chi connectivity index (χ4n) is 1.86. The first-order valence-electron chi connectivity index (χ1n) is 5.62. The Balaban J connectivity index is 0.00000144. The lowest BCUT2D eigenvalue weighted by molar-refractivity contribution is -0.00000313. The molecule has 17 heavy (non-hydrogen) atoms. The van der Waals surface area contributed by atoms with E-state index in [1.54, 1.807) is 0 Å². The van der Waals surface area contributed by atoms with Gasteiger partial charge < -0.3 is 12.4 Å². The average molecular weight is 334 g/mol. The summed E-state index contributed by atoms with van der Waals surface area (Å²) in [6, 6.07) is 6.53. The number of hydrogen-bond acceptors (Lipinski definition) is 2. The molecule has 0 fully saturated rings. The molecule has 1 heterocycles. The third-order valence-corrected chi connectivity index (χ3v) is 4.41. The van der Waals surface area contributed by atoms with Gasteiger partial charge in [-0.25, -0.2) is 0 Å². The van der Waals surface area contributed by atoms with Crippen molar-refractivity contribution in [3.63, 3.8) is 0 Å². The Kier molecular flexibility index (Phi) is 5.93. The van der Waals surface area contributed by atoms with Crippen molar-refractivity contribution in [2.24, 2.45) is 0 Å². The molecule has 0 unspecified atom stereocenters. The molecule has 4 heteroatoms. The first-order valence-corrected chi connectivity index (χ1v) is 7.29. The second-order valence-electron chi connectivity index (χ2n) is 3.86. The highest BCUT2D eigenvalue weighted by Crippen LogP contribution is 2.29. The zero-order valence-electron chi connectivity index (χ0n) is 10.0. The van der Waals surface area contributed by atoms with E-state index in [-0.39, 0.29) is 12.4 Å². The van der Waals surface area contributed by atoms with E-state index in [1.807, 2.05) is 11.3 Å². The molecule has 0 N–H and O–H groups in total. The van der Waals surface area contributed by atoms with Crippen molar-refractivity contribution < 1.29 is 12.4 Å². The summed E-state index contributed by atoms with van der Waals surface area (Å²) in [5.74, 6) is 0. The standard InChI is InChI=1S/C13H16BrNS.ClH/c1-3-15(4-2)8-10-9-16-13-6-5-11(14)7-12(10)13;/h5-7,9H,3-4,8H2,1-2H3;1H/p-1. The van der Waals surface area contributed by atoms with E-state index in [0.29, 0.717) is 0 Å². The Morgan fingerprint density at radius 1 is 1.24 bits per heavy atom. The van der Waals surface area contributed by atoms with E-state index in [9.17, 15) is 0 Å². The maximum atomic E-state index is 3.54. The number of halogens is 2. The van der Waals surface area contributed by atoms with Crippen LogP contribution < -0.4 is 12.4 Å². The lowest BCUT2D eigenvalue weighted by atomic mass is 10.1. The monoisotopic (exact) mass is 332 g/mol. The van der Waals surface area contributed by atoms with Gasteiger partial charge in [-0.2, -0.15) is 0 Å². The van der Waals surface area contributed by atoms with Crippen LogP contribution in [0.4, 0.5) is 0 Å². The normalized spacial score (nSPS) is 10.8. The quantitative estimate of drug-likeness (QED) is 0.820. The second-order valence-corrected chi connectivity index (χ2v) is 5.69. The fraction of sp³-hybridized carbons (Fsp3) is 0.385. The predicted molar refractivity (Wildman–Crippen MR) is 76.2 cm³/mol. The van der Waals surface area contributed by atoms with Crippen molar-refractivity contribution >= 4 is 37.4 Å². The minimum atomic E-state index is 0. The van der Waals surface area contributed by atoms with Gasteiger partial charge in [-0.1, -0.05) is 29.8 Å². The van der Waals surface area contributed by atoms with Gasteiger partial charge in [0.05, 0.1) is 0 Å². The van der Waals surface area contributed by atoms with E-state index >= 15 is 0 Å². The van der Waals surface area contributed by atoms with E-state index < -0.39 is 0 Å². The van der Waals surface area contributed by atoms with Crippen LogP contribution in [0.3, 0.4) is 0 Å². The van der Waals surface area contributed by atoms with Crippen LogP contribution in [0.5, 0.6) is 0 Å². The maximum absolute atomic E-state index is 3.54. The smallest absolute Gasteiger partial charge is 0.0346 e. The van der Waals surface area contributed by atoms with E-state index in [0.717, 1.165) is 19.6 Å². The third-order valence-electron chi connectivity index (χ3n) is 2.90. The second kappa shape index (κ2) is 6.74. The number of hydrogen-bond donors (Lipinski definition) is 0. The molecule has 0 aliphatic heterocycles. The molecule has 0 saturated heterocycles. The van der Waals surface area contributed by atoms with Gasteiger partial charge in [-0.3, -0.25) is 4.90 Å². The largest absolute Gasteiger partial charge is 1.00 e. The van der Waals surface area contributed by atoms with Crippen LogP contribution in [0.2, 0.25) is 0 Å². The highest BCUT2D eigenvalue weighted by Gasteiger charge is 2.07. The van der Waals surface area contributed by atoms with Gasteiger partial charge in [-0.15, -0.1) is 11.3 Å². The molecule has 1 nitrogen and oxygen atoms in total. The van der Waals surface area contributed by atoms with Crippen molar-refractivity contribution in [2.45, 2.75) is 20.4 Å². The Labute approximate surface area is 121 Å². The number of thiophene rings is 1. The number of benzene rings is 1. The van der Waals surface area contributed by atoms with Crippen LogP contribution in [-0.4, -0.2) is 18.0 Å². The van der Waals surface area contributed by atoms with Gasteiger partial charge in [0.25, 0.3) is 0 Å². The maximum Gasteiger partial charge on any atom is 0.0346 e. The Morgan fingerprint density at radius 3 is 2.59 bits per heavy atom. The summed E-state index contributed by atoms with van der Waals surface area (Å²) in [4.78, 5) is 2.45. The molecule has 0 aliphatic rings. The van der Waals surface area contributed by atoms with Gasteiger partial charge in [0.2, 0.25) is 0 Å². The molecule has 0 radical (unpaired) electrons. The lowest BCUT2D eigenvalue weighted by Gasteiger charge is -2.17. The van der Waals surface area contributed by atoms with Crippen LogP contribution in [0, 0.1) is 0 Å². The molecule has 2 aromatic rings. The van der Waals surface area contributed by atoms with Crippen molar-refractivity contribution in [1.29, 1.82) is 0 Å². The number of rotatable bonds is 4. The van der Waals surface area contributed by atoms with E-state index in [1.165, 1.54) is 20.1 Å². The molecule has 0 spiro atoms. The summed E-state index contributed by atoms with van der Waals surface area (Å²) in [6.07, 6.45) is 0. The topological polar surface area (TPSA) is 3.24 Å². The number of fused-ring (bicyclic) bond motifs is 1. The van der Waals surface area contributed by atoms with E-state index in [2.05, 4.69) is 58.3 Å². The Bertz CT molecular complexity index is 479. The molecular weight excluding hydrogens is 318 g/mol.